The van der Waals surface area contributed by atoms with Crippen LogP contribution in [0.1, 0.15) is 10.8 Å². The highest BCUT2D eigenvalue weighted by atomic mass is 32.2. The molecule has 0 amide bonds. The molecule has 0 N–H and O–H groups in total. The van der Waals surface area contributed by atoms with Crippen molar-refractivity contribution in [2.45, 2.75) is 15.0 Å². The van der Waals surface area contributed by atoms with Gasteiger partial charge in [-0.3, -0.25) is 0 Å². The van der Waals surface area contributed by atoms with Crippen molar-refractivity contribution in [2.24, 2.45) is 0 Å². The number of thioether (sulfide) groups is 2. The molecule has 1 aliphatic rings. The van der Waals surface area contributed by atoms with Crippen LogP contribution >= 0.6 is 34.9 Å². The minimum absolute atomic E-state index is 0.596. The van der Waals surface area contributed by atoms with E-state index >= 15 is 0 Å². The average molecular weight is 300 g/mol. The van der Waals surface area contributed by atoms with Crippen LogP contribution < -0.4 is 0 Å². The molecule has 94 valence electrons. The van der Waals surface area contributed by atoms with Crippen molar-refractivity contribution in [3.63, 3.8) is 0 Å². The zero-order chi connectivity index (χ0) is 12.7. The lowest BCUT2D eigenvalue weighted by atomic mass is 10.2. The summed E-state index contributed by atoms with van der Waals surface area (Å²) in [6.07, 6.45) is 0. The minimum Gasteiger partial charge on any atom is -0.143 e. The maximum absolute atomic E-state index is 2.31. The first-order valence-electron chi connectivity index (χ1n) is 6.26. The second-order valence-corrected chi connectivity index (χ2v) is 7.77. The second kappa shape index (κ2) is 4.89. The van der Waals surface area contributed by atoms with Crippen molar-refractivity contribution in [1.29, 1.82) is 0 Å². The summed E-state index contributed by atoms with van der Waals surface area (Å²) in [6, 6.07) is 17.5. The van der Waals surface area contributed by atoms with Crippen LogP contribution in [0.3, 0.4) is 0 Å². The van der Waals surface area contributed by atoms with E-state index in [0.717, 1.165) is 0 Å². The lowest BCUT2D eigenvalue weighted by Crippen LogP contribution is -1.90. The predicted molar refractivity (Wildman–Crippen MR) is 87.6 cm³/mol. The van der Waals surface area contributed by atoms with E-state index in [1.807, 2.05) is 34.9 Å². The van der Waals surface area contributed by atoms with E-state index < -0.39 is 0 Å². The topological polar surface area (TPSA) is 0 Å². The van der Waals surface area contributed by atoms with Crippen molar-refractivity contribution in [3.8, 4) is 0 Å². The van der Waals surface area contributed by atoms with Crippen LogP contribution in [0.5, 0.6) is 0 Å². The van der Waals surface area contributed by atoms with Gasteiger partial charge < -0.3 is 0 Å². The summed E-state index contributed by atoms with van der Waals surface area (Å²) < 4.78 is 1.39. The summed E-state index contributed by atoms with van der Waals surface area (Å²) in [6.45, 7) is 0. The highest BCUT2D eigenvalue weighted by Gasteiger charge is 2.24. The first kappa shape index (κ1) is 11.9. The Bertz CT molecular complexity index is 729. The Kier molecular flexibility index (Phi) is 3.06. The van der Waals surface area contributed by atoms with Gasteiger partial charge in [0.15, 0.2) is 0 Å². The molecule has 0 nitrogen and oxygen atoms in total. The molecule has 4 rings (SSSR count). The summed E-state index contributed by atoms with van der Waals surface area (Å²) >= 11 is 5.86. The Labute approximate surface area is 125 Å². The molecule has 0 spiro atoms. The minimum atomic E-state index is 0.596. The average Bonchev–Trinajstić information content (AvgIpc) is 3.05. The van der Waals surface area contributed by atoms with Gasteiger partial charge in [-0.15, -0.1) is 34.9 Å². The van der Waals surface area contributed by atoms with E-state index in [9.17, 15) is 0 Å². The zero-order valence-corrected chi connectivity index (χ0v) is 12.7. The number of fused-ring (bicyclic) bond motifs is 2. The molecule has 2 aromatic carbocycles. The van der Waals surface area contributed by atoms with Gasteiger partial charge in [-0.05, 0) is 17.7 Å². The van der Waals surface area contributed by atoms with Crippen molar-refractivity contribution in [1.82, 2.24) is 0 Å². The van der Waals surface area contributed by atoms with Gasteiger partial charge in [0.1, 0.15) is 0 Å². The normalized spacial score (nSPS) is 17.8. The van der Waals surface area contributed by atoms with Gasteiger partial charge in [0, 0.05) is 36.3 Å². The Balaban J connectivity index is 1.70. The van der Waals surface area contributed by atoms with Gasteiger partial charge in [-0.25, -0.2) is 0 Å². The van der Waals surface area contributed by atoms with Crippen LogP contribution in [0.2, 0.25) is 0 Å². The van der Waals surface area contributed by atoms with Crippen molar-refractivity contribution >= 4 is 44.9 Å². The molecule has 0 radical (unpaired) electrons. The first-order valence-corrected chi connectivity index (χ1v) is 9.01. The van der Waals surface area contributed by atoms with E-state index in [0.29, 0.717) is 5.25 Å². The monoisotopic (exact) mass is 300 g/mol. The highest BCUT2D eigenvalue weighted by molar-refractivity contribution is 8.04. The third kappa shape index (κ3) is 2.10. The van der Waals surface area contributed by atoms with Crippen LogP contribution in [-0.4, -0.2) is 5.75 Å². The molecular weight excluding hydrogens is 288 g/mol. The Morgan fingerprint density at radius 2 is 1.84 bits per heavy atom. The van der Waals surface area contributed by atoms with Gasteiger partial charge in [0.25, 0.3) is 0 Å². The van der Waals surface area contributed by atoms with Gasteiger partial charge in [-0.1, -0.05) is 36.4 Å². The van der Waals surface area contributed by atoms with E-state index in [-0.39, 0.29) is 0 Å². The lowest BCUT2D eigenvalue weighted by Gasteiger charge is -2.09. The molecule has 2 heterocycles. The fourth-order valence-corrected chi connectivity index (χ4v) is 6.24. The third-order valence-corrected chi connectivity index (χ3v) is 7.17. The van der Waals surface area contributed by atoms with Crippen LogP contribution in [-0.2, 0) is 0 Å². The number of hydrogen-bond acceptors (Lipinski definition) is 3. The summed E-state index contributed by atoms with van der Waals surface area (Å²) in [5.41, 5.74) is 1.51. The second-order valence-electron chi connectivity index (χ2n) is 4.55. The lowest BCUT2D eigenvalue weighted by molar-refractivity contribution is 1.11. The van der Waals surface area contributed by atoms with E-state index in [1.54, 1.807) is 0 Å². The van der Waals surface area contributed by atoms with Crippen molar-refractivity contribution < 1.29 is 0 Å². The maximum Gasteiger partial charge on any atom is 0.0450 e. The summed E-state index contributed by atoms with van der Waals surface area (Å²) in [7, 11) is 0. The molecule has 0 saturated heterocycles. The predicted octanol–water partition coefficient (Wildman–Crippen LogP) is 5.84. The van der Waals surface area contributed by atoms with Crippen molar-refractivity contribution in [2.75, 3.05) is 5.75 Å². The molecule has 0 fully saturated rings. The molecule has 3 aromatic rings. The standard InChI is InChI=1S/C16H12S3/c1-3-7-13-11(5-1)15(9-17-13)19-16-10-18-14-8-4-2-6-12(14)16/h1-9,16H,10H2. The van der Waals surface area contributed by atoms with E-state index in [4.69, 9.17) is 0 Å². The molecule has 3 heteroatoms. The number of benzene rings is 2. The fourth-order valence-electron chi connectivity index (χ4n) is 2.43. The summed E-state index contributed by atoms with van der Waals surface area (Å²) in [5.74, 6) is 1.19. The Hall–Kier alpha value is -0.900. The molecule has 19 heavy (non-hydrogen) atoms. The van der Waals surface area contributed by atoms with Gasteiger partial charge in [0.05, 0.1) is 0 Å². The van der Waals surface area contributed by atoms with Gasteiger partial charge in [0.2, 0.25) is 0 Å². The molecule has 1 atom stereocenters. The van der Waals surface area contributed by atoms with Crippen LogP contribution in [0.15, 0.2) is 63.7 Å². The fraction of sp³-hybridized carbons (Fsp3) is 0.125. The molecule has 1 unspecified atom stereocenters. The van der Waals surface area contributed by atoms with Gasteiger partial charge >= 0.3 is 0 Å². The number of thiophene rings is 1. The van der Waals surface area contributed by atoms with E-state index in [2.05, 4.69) is 53.9 Å². The molecule has 0 saturated carbocycles. The SMILES string of the molecule is c1ccc2c(c1)SCC2Sc1csc2ccccc12. The smallest absolute Gasteiger partial charge is 0.0450 e. The molecular formula is C16H12S3. The molecule has 1 aliphatic heterocycles. The number of hydrogen-bond donors (Lipinski definition) is 0. The van der Waals surface area contributed by atoms with Crippen molar-refractivity contribution in [3.05, 3.63) is 59.5 Å². The summed E-state index contributed by atoms with van der Waals surface area (Å²) in [5, 5.41) is 4.31. The van der Waals surface area contributed by atoms with Crippen LogP contribution in [0.25, 0.3) is 10.1 Å². The zero-order valence-electron chi connectivity index (χ0n) is 10.2. The maximum atomic E-state index is 2.31. The van der Waals surface area contributed by atoms with Crippen LogP contribution in [0, 0.1) is 0 Å². The molecule has 1 aromatic heterocycles. The van der Waals surface area contributed by atoms with E-state index in [1.165, 1.54) is 31.2 Å². The Morgan fingerprint density at radius 1 is 1.00 bits per heavy atom. The Morgan fingerprint density at radius 3 is 2.84 bits per heavy atom. The largest absolute Gasteiger partial charge is 0.143 e. The third-order valence-electron chi connectivity index (χ3n) is 3.37. The first-order chi connectivity index (χ1) is 9.42. The quantitative estimate of drug-likeness (QED) is 0.583. The summed E-state index contributed by atoms with van der Waals surface area (Å²) in [4.78, 5) is 2.89. The van der Waals surface area contributed by atoms with Gasteiger partial charge in [-0.2, -0.15) is 0 Å². The number of rotatable bonds is 2. The van der Waals surface area contributed by atoms with Crippen LogP contribution in [0.4, 0.5) is 0 Å². The molecule has 0 aliphatic carbocycles. The highest BCUT2D eigenvalue weighted by Crippen LogP contribution is 2.49. The molecule has 0 bridgehead atoms.